The molecule has 37 heavy (non-hydrogen) atoms. The Morgan fingerprint density at radius 2 is 2.00 bits per heavy atom. The van der Waals surface area contributed by atoms with Gasteiger partial charge >= 0.3 is 0 Å². The minimum Gasteiger partial charge on any atom is -0.493 e. The molecule has 3 N–H and O–H groups in total. The van der Waals surface area contributed by atoms with Crippen molar-refractivity contribution >= 4 is 11.7 Å². The summed E-state index contributed by atoms with van der Waals surface area (Å²) in [4.78, 5) is 21.0. The molecule has 1 amide bonds. The van der Waals surface area contributed by atoms with Crippen LogP contribution in [0.25, 0.3) is 0 Å². The number of carbonyl (C=O) groups is 1. The molecular formula is C28H39N3O6. The highest BCUT2D eigenvalue weighted by molar-refractivity contribution is 5.81. The van der Waals surface area contributed by atoms with Crippen molar-refractivity contribution in [3.8, 4) is 11.5 Å². The van der Waals surface area contributed by atoms with Crippen molar-refractivity contribution in [2.45, 2.75) is 57.8 Å². The van der Waals surface area contributed by atoms with Crippen LogP contribution in [0.2, 0.25) is 0 Å². The molecule has 4 rings (SSSR count). The fraction of sp³-hybridized carbons (Fsp3) is 0.571. The maximum Gasteiger partial charge on any atom is 0.253 e. The lowest BCUT2D eigenvalue weighted by atomic mass is 9.72. The third-order valence-corrected chi connectivity index (χ3v) is 7.94. The molecule has 1 aromatic heterocycles. The van der Waals surface area contributed by atoms with Crippen LogP contribution in [0.3, 0.4) is 0 Å². The van der Waals surface area contributed by atoms with E-state index in [1.807, 2.05) is 44.3 Å². The lowest BCUT2D eigenvalue weighted by molar-refractivity contribution is -0.141. The molecule has 202 valence electrons. The Hall–Kier alpha value is -2.88. The first-order valence-corrected chi connectivity index (χ1v) is 12.9. The van der Waals surface area contributed by atoms with E-state index in [-0.39, 0.29) is 18.6 Å². The number of amides is 1. The van der Waals surface area contributed by atoms with Gasteiger partial charge in [-0.1, -0.05) is 19.1 Å². The Morgan fingerprint density at radius 1 is 1.22 bits per heavy atom. The molecule has 0 spiro atoms. The monoisotopic (exact) mass is 513 g/mol. The quantitative estimate of drug-likeness (QED) is 0.492. The molecule has 0 saturated carbocycles. The summed E-state index contributed by atoms with van der Waals surface area (Å²) in [5.74, 6) is 1.45. The van der Waals surface area contributed by atoms with Crippen molar-refractivity contribution in [1.82, 2.24) is 9.88 Å². The van der Waals surface area contributed by atoms with Gasteiger partial charge < -0.3 is 34.6 Å². The summed E-state index contributed by atoms with van der Waals surface area (Å²) >= 11 is 0. The van der Waals surface area contributed by atoms with Crippen LogP contribution in [-0.2, 0) is 4.79 Å². The molecule has 0 radical (unpaired) electrons. The molecular weight excluding hydrogens is 474 g/mol. The SMILES string of the molecule is COc1ccc([C@@H]2CN(C(=O)[C@@H](O)CO)C[C@@]2(C)[C@@H](C)O)cc1OC1CCCN(c2ccc(C)cn2)C1. The third-order valence-electron chi connectivity index (χ3n) is 7.94. The van der Waals surface area contributed by atoms with E-state index in [0.717, 1.165) is 36.3 Å². The summed E-state index contributed by atoms with van der Waals surface area (Å²) < 4.78 is 12.1. The van der Waals surface area contributed by atoms with E-state index < -0.39 is 30.1 Å². The fourth-order valence-electron chi connectivity index (χ4n) is 5.45. The Morgan fingerprint density at radius 3 is 2.65 bits per heavy atom. The molecule has 3 heterocycles. The van der Waals surface area contributed by atoms with Crippen molar-refractivity contribution in [1.29, 1.82) is 0 Å². The number of anilines is 1. The highest BCUT2D eigenvalue weighted by atomic mass is 16.5. The molecule has 2 aromatic rings. The average Bonchev–Trinajstić information content (AvgIpc) is 3.27. The molecule has 9 nitrogen and oxygen atoms in total. The summed E-state index contributed by atoms with van der Waals surface area (Å²) in [5, 5.41) is 29.9. The van der Waals surface area contributed by atoms with Crippen LogP contribution < -0.4 is 14.4 Å². The normalized spacial score (nSPS) is 25.6. The Bertz CT molecular complexity index is 1080. The second-order valence-corrected chi connectivity index (χ2v) is 10.6. The van der Waals surface area contributed by atoms with Gasteiger partial charge in [0, 0.05) is 37.2 Å². The first kappa shape index (κ1) is 27.2. The summed E-state index contributed by atoms with van der Waals surface area (Å²) in [5.41, 5.74) is 1.40. The van der Waals surface area contributed by atoms with Crippen LogP contribution in [0.15, 0.2) is 36.5 Å². The van der Waals surface area contributed by atoms with Gasteiger partial charge in [-0.3, -0.25) is 4.79 Å². The maximum absolute atomic E-state index is 12.6. The van der Waals surface area contributed by atoms with Gasteiger partial charge in [-0.05, 0) is 56.0 Å². The van der Waals surface area contributed by atoms with Crippen LogP contribution >= 0.6 is 0 Å². The van der Waals surface area contributed by atoms with Crippen molar-refractivity contribution in [3.05, 3.63) is 47.7 Å². The van der Waals surface area contributed by atoms with Gasteiger partial charge in [-0.2, -0.15) is 0 Å². The van der Waals surface area contributed by atoms with Gasteiger partial charge in [0.2, 0.25) is 0 Å². The van der Waals surface area contributed by atoms with Crippen LogP contribution in [0.5, 0.6) is 11.5 Å². The predicted octanol–water partition coefficient (Wildman–Crippen LogP) is 2.11. The van der Waals surface area contributed by atoms with Gasteiger partial charge in [0.25, 0.3) is 5.91 Å². The average molecular weight is 514 g/mol. The number of piperidine rings is 1. The van der Waals surface area contributed by atoms with E-state index in [2.05, 4.69) is 16.0 Å². The fourth-order valence-corrected chi connectivity index (χ4v) is 5.45. The molecule has 5 atom stereocenters. The highest BCUT2D eigenvalue weighted by Crippen LogP contribution is 2.47. The number of likely N-dealkylation sites (tertiary alicyclic amines) is 1. The van der Waals surface area contributed by atoms with E-state index in [9.17, 15) is 20.1 Å². The smallest absolute Gasteiger partial charge is 0.253 e. The number of pyridine rings is 1. The molecule has 2 aliphatic rings. The van der Waals surface area contributed by atoms with Gasteiger partial charge in [0.15, 0.2) is 17.6 Å². The number of carbonyl (C=O) groups excluding carboxylic acids is 1. The van der Waals surface area contributed by atoms with Crippen molar-refractivity contribution in [2.75, 3.05) is 44.8 Å². The third kappa shape index (κ3) is 5.68. The van der Waals surface area contributed by atoms with E-state index >= 15 is 0 Å². The summed E-state index contributed by atoms with van der Waals surface area (Å²) in [6, 6.07) is 9.85. The highest BCUT2D eigenvalue weighted by Gasteiger charge is 2.49. The molecule has 1 aromatic carbocycles. The van der Waals surface area contributed by atoms with Gasteiger partial charge in [0.05, 0.1) is 26.4 Å². The number of ether oxygens (including phenoxy) is 2. The van der Waals surface area contributed by atoms with Gasteiger partial charge in [-0.15, -0.1) is 0 Å². The van der Waals surface area contributed by atoms with E-state index in [1.165, 1.54) is 4.90 Å². The topological polar surface area (TPSA) is 116 Å². The number of hydrogen-bond acceptors (Lipinski definition) is 8. The van der Waals surface area contributed by atoms with Gasteiger partial charge in [0.1, 0.15) is 11.9 Å². The minimum absolute atomic E-state index is 0.0505. The number of nitrogens with zero attached hydrogens (tertiary/aromatic N) is 3. The number of hydrogen-bond donors (Lipinski definition) is 3. The Labute approximate surface area is 218 Å². The van der Waals surface area contributed by atoms with Crippen LogP contribution in [0, 0.1) is 12.3 Å². The van der Waals surface area contributed by atoms with E-state index in [1.54, 1.807) is 14.0 Å². The number of rotatable bonds is 8. The summed E-state index contributed by atoms with van der Waals surface area (Å²) in [6.45, 7) is 7.27. The summed E-state index contributed by atoms with van der Waals surface area (Å²) in [6.07, 6.45) is 1.54. The lowest BCUT2D eigenvalue weighted by Gasteiger charge is -2.35. The molecule has 0 bridgehead atoms. The zero-order chi connectivity index (χ0) is 26.7. The number of aryl methyl sites for hydroxylation is 1. The van der Waals surface area contributed by atoms with Crippen LogP contribution in [-0.4, -0.2) is 89.3 Å². The molecule has 2 saturated heterocycles. The minimum atomic E-state index is -1.47. The lowest BCUT2D eigenvalue weighted by Crippen LogP contribution is -2.42. The van der Waals surface area contributed by atoms with Crippen molar-refractivity contribution < 1.29 is 29.6 Å². The Kier molecular flexibility index (Phi) is 8.26. The molecule has 0 aliphatic carbocycles. The zero-order valence-electron chi connectivity index (χ0n) is 22.1. The van der Waals surface area contributed by atoms with E-state index in [4.69, 9.17) is 9.47 Å². The number of methoxy groups -OCH3 is 1. The van der Waals surface area contributed by atoms with Gasteiger partial charge in [-0.25, -0.2) is 4.98 Å². The second-order valence-electron chi connectivity index (χ2n) is 10.6. The first-order chi connectivity index (χ1) is 17.7. The summed E-state index contributed by atoms with van der Waals surface area (Å²) in [7, 11) is 1.61. The largest absolute Gasteiger partial charge is 0.493 e. The number of benzene rings is 1. The Balaban J connectivity index is 1.57. The maximum atomic E-state index is 12.6. The number of aliphatic hydroxyl groups excluding tert-OH is 3. The molecule has 9 heteroatoms. The van der Waals surface area contributed by atoms with E-state index in [0.29, 0.717) is 24.6 Å². The van der Waals surface area contributed by atoms with Crippen molar-refractivity contribution in [3.63, 3.8) is 0 Å². The van der Waals surface area contributed by atoms with Crippen LogP contribution in [0.4, 0.5) is 5.82 Å². The number of aliphatic hydroxyl groups is 3. The number of aromatic nitrogens is 1. The predicted molar refractivity (Wildman–Crippen MR) is 140 cm³/mol. The van der Waals surface area contributed by atoms with Crippen molar-refractivity contribution in [2.24, 2.45) is 5.41 Å². The molecule has 1 unspecified atom stereocenters. The van der Waals surface area contributed by atoms with Crippen LogP contribution in [0.1, 0.15) is 43.7 Å². The first-order valence-electron chi connectivity index (χ1n) is 12.9. The second kappa shape index (κ2) is 11.2. The molecule has 2 aliphatic heterocycles. The standard InChI is InChI=1S/C28H39N3O6/c1-18-7-10-26(29-13-18)30-11-5-6-21(14-30)37-25-12-20(8-9-24(25)36-4)22-15-31(27(35)23(34)16-32)17-28(22,3)19(2)33/h7-10,12-13,19,21-23,32-34H,5-6,11,14-17H2,1-4H3/t19-,21?,22+,23+,28+/m1/s1. The molecule has 2 fully saturated rings. The zero-order valence-corrected chi connectivity index (χ0v) is 22.1.